The van der Waals surface area contributed by atoms with Gasteiger partial charge in [0.15, 0.2) is 12.3 Å². The van der Waals surface area contributed by atoms with Crippen molar-refractivity contribution in [1.29, 1.82) is 0 Å². The monoisotopic (exact) mass is 406 g/mol. The third kappa shape index (κ3) is 9.93. The van der Waals surface area contributed by atoms with E-state index in [0.29, 0.717) is 6.17 Å². The number of carbonyl (C=O) groups excluding carboxylic acids is 1. The lowest BCUT2D eigenvalue weighted by molar-refractivity contribution is -0.959. The Labute approximate surface area is 180 Å². The van der Waals surface area contributed by atoms with Gasteiger partial charge in [0.1, 0.15) is 6.54 Å². The van der Waals surface area contributed by atoms with Crippen molar-refractivity contribution in [3.63, 3.8) is 0 Å². The van der Waals surface area contributed by atoms with E-state index in [2.05, 4.69) is 44.5 Å². The van der Waals surface area contributed by atoms with E-state index in [-0.39, 0.29) is 12.1 Å². The van der Waals surface area contributed by atoms with Crippen LogP contribution in [0.1, 0.15) is 111 Å². The predicted molar refractivity (Wildman–Crippen MR) is 126 cm³/mol. The minimum Gasteiger partial charge on any atom is -0.307 e. The van der Waals surface area contributed by atoms with Gasteiger partial charge in [-0.05, 0) is 39.0 Å². The van der Waals surface area contributed by atoms with Gasteiger partial charge in [0, 0.05) is 20.3 Å². The van der Waals surface area contributed by atoms with Crippen LogP contribution < -0.4 is 5.32 Å². The maximum Gasteiger partial charge on any atom is 0.221 e. The molecule has 29 heavy (non-hydrogen) atoms. The average molecular weight is 407 g/mol. The highest BCUT2D eigenvalue weighted by atomic mass is 16.1. The van der Waals surface area contributed by atoms with Crippen molar-refractivity contribution in [3.05, 3.63) is 12.2 Å². The number of carbonyl (C=O) groups is 1. The number of allylic oxidation sites excluding steroid dienone is 2. The molecule has 0 aromatic rings. The summed E-state index contributed by atoms with van der Waals surface area (Å²) in [4.78, 5) is 16.3. The molecular formula is C25H48N3O+. The van der Waals surface area contributed by atoms with Gasteiger partial charge < -0.3 is 5.32 Å². The van der Waals surface area contributed by atoms with Gasteiger partial charge in [-0.25, -0.2) is 4.99 Å². The summed E-state index contributed by atoms with van der Waals surface area (Å²) in [6.07, 6.45) is 24.3. The van der Waals surface area contributed by atoms with Gasteiger partial charge in [-0.3, -0.25) is 9.28 Å². The summed E-state index contributed by atoms with van der Waals surface area (Å²) in [6, 6.07) is 0. The molecule has 4 nitrogen and oxygen atoms in total. The summed E-state index contributed by atoms with van der Waals surface area (Å²) in [6.45, 7) is 10.2. The van der Waals surface area contributed by atoms with Crippen LogP contribution in [0.4, 0.5) is 0 Å². The van der Waals surface area contributed by atoms with E-state index in [1.165, 1.54) is 77.0 Å². The predicted octanol–water partition coefficient (Wildman–Crippen LogP) is 6.36. The molecular weight excluding hydrogens is 358 g/mol. The van der Waals surface area contributed by atoms with Crippen molar-refractivity contribution >= 4 is 12.1 Å². The van der Waals surface area contributed by atoms with Crippen molar-refractivity contribution in [2.24, 2.45) is 4.99 Å². The fourth-order valence-corrected chi connectivity index (χ4v) is 4.58. The second kappa shape index (κ2) is 15.6. The molecule has 1 aliphatic rings. The van der Waals surface area contributed by atoms with Crippen molar-refractivity contribution in [2.75, 3.05) is 13.1 Å². The zero-order valence-electron chi connectivity index (χ0n) is 19.8. The minimum atomic E-state index is 0.0560. The van der Waals surface area contributed by atoms with Gasteiger partial charge in [0.2, 0.25) is 5.91 Å². The Morgan fingerprint density at radius 1 is 1.03 bits per heavy atom. The van der Waals surface area contributed by atoms with Crippen molar-refractivity contribution in [1.82, 2.24) is 5.32 Å². The highest BCUT2D eigenvalue weighted by Gasteiger charge is 2.42. The number of aliphatic imine (C=N–C) groups is 1. The fraction of sp³-hybridized carbons (Fsp3) is 0.840. The molecule has 1 aliphatic heterocycles. The zero-order valence-corrected chi connectivity index (χ0v) is 19.8. The molecule has 0 aliphatic carbocycles. The second-order valence-electron chi connectivity index (χ2n) is 8.81. The van der Waals surface area contributed by atoms with Crippen LogP contribution in [0.3, 0.4) is 0 Å². The number of hydrogen-bond acceptors (Lipinski definition) is 2. The van der Waals surface area contributed by atoms with E-state index in [1.807, 2.05) is 0 Å². The molecule has 1 N–H and O–H groups in total. The Kier molecular flexibility index (Phi) is 14.0. The van der Waals surface area contributed by atoms with E-state index in [9.17, 15) is 4.79 Å². The Morgan fingerprint density at radius 2 is 1.62 bits per heavy atom. The number of nitrogens with one attached hydrogen (secondary N) is 1. The smallest absolute Gasteiger partial charge is 0.221 e. The van der Waals surface area contributed by atoms with Gasteiger partial charge in [-0.2, -0.15) is 0 Å². The fourth-order valence-electron chi connectivity index (χ4n) is 4.58. The van der Waals surface area contributed by atoms with Gasteiger partial charge in [0.25, 0.3) is 0 Å². The standard InChI is InChI=1S/C25H47N3O/c1-5-7-8-9-10-11-12-13-14-15-16-17-18-19-20-25-26-21-22-28(25,6-2)23(3)27-24(4)29/h11-12,21,23,25H,5-10,13-20,22H2,1-4H3/p+1/b12-11+. The summed E-state index contributed by atoms with van der Waals surface area (Å²) in [5.41, 5.74) is 0. The first-order valence-corrected chi connectivity index (χ1v) is 12.4. The second-order valence-corrected chi connectivity index (χ2v) is 8.81. The number of nitrogens with zero attached hydrogens (tertiary/aromatic N) is 2. The van der Waals surface area contributed by atoms with Crippen LogP contribution in [0, 0.1) is 0 Å². The lowest BCUT2D eigenvalue weighted by Gasteiger charge is -2.42. The van der Waals surface area contributed by atoms with E-state index in [4.69, 9.17) is 4.99 Å². The molecule has 168 valence electrons. The van der Waals surface area contributed by atoms with Gasteiger partial charge >= 0.3 is 0 Å². The van der Waals surface area contributed by atoms with E-state index in [1.54, 1.807) is 6.92 Å². The maximum absolute atomic E-state index is 11.5. The van der Waals surface area contributed by atoms with Gasteiger partial charge in [-0.15, -0.1) is 0 Å². The lowest BCUT2D eigenvalue weighted by Crippen LogP contribution is -2.63. The lowest BCUT2D eigenvalue weighted by atomic mass is 10.1. The van der Waals surface area contributed by atoms with Crippen LogP contribution in [-0.4, -0.2) is 42.0 Å². The number of hydrogen-bond donors (Lipinski definition) is 1. The molecule has 0 aromatic heterocycles. The molecule has 0 aromatic carbocycles. The third-order valence-electron chi connectivity index (χ3n) is 6.54. The van der Waals surface area contributed by atoms with Crippen LogP contribution in [0.25, 0.3) is 0 Å². The van der Waals surface area contributed by atoms with E-state index < -0.39 is 0 Å². The summed E-state index contributed by atoms with van der Waals surface area (Å²) >= 11 is 0. The van der Waals surface area contributed by atoms with Crippen molar-refractivity contribution < 1.29 is 9.28 Å². The van der Waals surface area contributed by atoms with Crippen molar-refractivity contribution in [3.8, 4) is 0 Å². The number of rotatable bonds is 17. The summed E-state index contributed by atoms with van der Waals surface area (Å²) in [7, 11) is 0. The summed E-state index contributed by atoms with van der Waals surface area (Å²) < 4.78 is 0.879. The number of unbranched alkanes of at least 4 members (excludes halogenated alkanes) is 10. The van der Waals surface area contributed by atoms with Gasteiger partial charge in [0.05, 0.1) is 12.8 Å². The van der Waals surface area contributed by atoms with Crippen LogP contribution in [0.15, 0.2) is 17.1 Å². The van der Waals surface area contributed by atoms with E-state index in [0.717, 1.165) is 24.0 Å². The molecule has 1 amide bonds. The number of quaternary nitrogens is 1. The molecule has 0 fully saturated rings. The Bertz CT molecular complexity index is 488. The van der Waals surface area contributed by atoms with Crippen molar-refractivity contribution in [2.45, 2.75) is 123 Å². The normalized spacial score (nSPS) is 22.4. The average Bonchev–Trinajstić information content (AvgIpc) is 3.12. The molecule has 1 rings (SSSR count). The summed E-state index contributed by atoms with van der Waals surface area (Å²) in [5.74, 6) is 0.0560. The minimum absolute atomic E-state index is 0.0560. The Hall–Kier alpha value is -1.16. The highest BCUT2D eigenvalue weighted by molar-refractivity contribution is 5.73. The molecule has 0 bridgehead atoms. The summed E-state index contributed by atoms with van der Waals surface area (Å²) in [5, 5.41) is 3.11. The largest absolute Gasteiger partial charge is 0.307 e. The first kappa shape index (κ1) is 25.9. The quantitative estimate of drug-likeness (QED) is 0.170. The molecule has 0 saturated heterocycles. The number of amides is 1. The molecule has 3 unspecified atom stereocenters. The molecule has 1 heterocycles. The Morgan fingerprint density at radius 3 is 2.21 bits per heavy atom. The zero-order chi connectivity index (χ0) is 21.4. The van der Waals surface area contributed by atoms with E-state index >= 15 is 0 Å². The third-order valence-corrected chi connectivity index (χ3v) is 6.54. The SMILES string of the molecule is CCCCCC/C=C/CCCCCCCCC1N=CC[N+]1(CC)C(C)NC(C)=O. The first-order valence-electron chi connectivity index (χ1n) is 12.4. The Balaban J connectivity index is 2.10. The molecule has 3 atom stereocenters. The van der Waals surface area contributed by atoms with Crippen LogP contribution in [-0.2, 0) is 4.79 Å². The molecule has 0 saturated carbocycles. The topological polar surface area (TPSA) is 41.5 Å². The van der Waals surface area contributed by atoms with Gasteiger partial charge in [-0.1, -0.05) is 64.0 Å². The van der Waals surface area contributed by atoms with Crippen LogP contribution in [0.2, 0.25) is 0 Å². The molecule has 4 heteroatoms. The molecule has 0 radical (unpaired) electrons. The maximum atomic E-state index is 11.5. The molecule has 0 spiro atoms. The first-order chi connectivity index (χ1) is 14.1. The highest BCUT2D eigenvalue weighted by Crippen LogP contribution is 2.27. The van der Waals surface area contributed by atoms with Crippen LogP contribution in [0.5, 0.6) is 0 Å². The van der Waals surface area contributed by atoms with Crippen LogP contribution >= 0.6 is 0 Å².